The van der Waals surface area contributed by atoms with Crippen LogP contribution in [0.4, 0.5) is 29.1 Å². The van der Waals surface area contributed by atoms with E-state index in [4.69, 9.17) is 11.5 Å². The Morgan fingerprint density at radius 2 is 1.64 bits per heavy atom. The fourth-order valence-corrected chi connectivity index (χ4v) is 2.28. The number of amides is 1. The highest BCUT2D eigenvalue weighted by Gasteiger charge is 2.09. The van der Waals surface area contributed by atoms with Gasteiger partial charge >= 0.3 is 0 Å². The first kappa shape index (κ1) is 16.2. The van der Waals surface area contributed by atoms with Gasteiger partial charge in [-0.15, -0.1) is 0 Å². The zero-order valence-corrected chi connectivity index (χ0v) is 13.5. The Labute approximate surface area is 144 Å². The van der Waals surface area contributed by atoms with E-state index in [0.29, 0.717) is 28.7 Å². The molecule has 0 radical (unpaired) electrons. The van der Waals surface area contributed by atoms with Gasteiger partial charge in [0.2, 0.25) is 5.95 Å². The van der Waals surface area contributed by atoms with Gasteiger partial charge < -0.3 is 22.1 Å². The predicted molar refractivity (Wildman–Crippen MR) is 96.9 cm³/mol. The van der Waals surface area contributed by atoms with E-state index in [1.807, 2.05) is 25.1 Å². The molecule has 0 aliphatic heterocycles. The lowest BCUT2D eigenvalue weighted by atomic mass is 10.1. The van der Waals surface area contributed by atoms with Crippen LogP contribution in [0.2, 0.25) is 0 Å². The quantitative estimate of drug-likeness (QED) is 0.562. The summed E-state index contributed by atoms with van der Waals surface area (Å²) in [6.45, 7) is 1.90. The van der Waals surface area contributed by atoms with E-state index in [9.17, 15) is 4.79 Å². The summed E-state index contributed by atoms with van der Waals surface area (Å²) in [5, 5.41) is 6.12. The Morgan fingerprint density at radius 3 is 2.36 bits per heavy atom. The highest BCUT2D eigenvalue weighted by Crippen LogP contribution is 2.22. The fraction of sp³-hybridized carbons (Fsp3) is 0.0588. The number of aryl methyl sites for hydroxylation is 1. The van der Waals surface area contributed by atoms with Crippen molar-refractivity contribution in [2.75, 3.05) is 16.4 Å². The van der Waals surface area contributed by atoms with E-state index in [1.54, 1.807) is 30.3 Å². The van der Waals surface area contributed by atoms with Crippen LogP contribution in [0.5, 0.6) is 0 Å². The van der Waals surface area contributed by atoms with Crippen LogP contribution in [-0.4, -0.2) is 20.9 Å². The maximum Gasteiger partial charge on any atom is 0.250 e. The number of aromatic nitrogens is 3. The molecule has 1 amide bonds. The van der Waals surface area contributed by atoms with Crippen molar-refractivity contribution in [3.63, 3.8) is 0 Å². The van der Waals surface area contributed by atoms with Crippen molar-refractivity contribution in [2.24, 2.45) is 5.73 Å². The van der Waals surface area contributed by atoms with E-state index in [-0.39, 0.29) is 5.95 Å². The normalized spacial score (nSPS) is 10.3. The van der Waals surface area contributed by atoms with Gasteiger partial charge in [0.15, 0.2) is 0 Å². The van der Waals surface area contributed by atoms with Crippen LogP contribution in [0.15, 0.2) is 48.5 Å². The van der Waals surface area contributed by atoms with E-state index in [1.165, 1.54) is 0 Å². The van der Waals surface area contributed by atoms with Gasteiger partial charge in [-0.1, -0.05) is 18.2 Å². The SMILES string of the molecule is Cc1cccc(Nc2cc(Nc3ccccc3C(N)=O)nc(N)n2)n1. The Balaban J connectivity index is 1.88. The van der Waals surface area contributed by atoms with E-state index >= 15 is 0 Å². The molecular weight excluding hydrogens is 318 g/mol. The second-order valence-electron chi connectivity index (χ2n) is 5.32. The Bertz CT molecular complexity index is 926. The molecule has 0 unspecified atom stereocenters. The van der Waals surface area contributed by atoms with Gasteiger partial charge in [-0.2, -0.15) is 9.97 Å². The lowest BCUT2D eigenvalue weighted by Gasteiger charge is -2.11. The fourth-order valence-electron chi connectivity index (χ4n) is 2.28. The van der Waals surface area contributed by atoms with Crippen molar-refractivity contribution < 1.29 is 4.79 Å². The molecule has 25 heavy (non-hydrogen) atoms. The number of nitrogens with two attached hydrogens (primary N) is 2. The molecule has 3 aromatic rings. The topological polar surface area (TPSA) is 132 Å². The zero-order valence-electron chi connectivity index (χ0n) is 13.5. The van der Waals surface area contributed by atoms with Gasteiger partial charge in [0, 0.05) is 11.8 Å². The molecular formula is C17H17N7O. The molecule has 8 nitrogen and oxygen atoms in total. The number of carbonyl (C=O) groups is 1. The van der Waals surface area contributed by atoms with Crippen molar-refractivity contribution in [3.05, 3.63) is 59.8 Å². The van der Waals surface area contributed by atoms with Crippen molar-refractivity contribution in [3.8, 4) is 0 Å². The zero-order chi connectivity index (χ0) is 17.8. The van der Waals surface area contributed by atoms with Gasteiger partial charge in [-0.3, -0.25) is 4.79 Å². The summed E-state index contributed by atoms with van der Waals surface area (Å²) < 4.78 is 0. The third-order valence-corrected chi connectivity index (χ3v) is 3.34. The van der Waals surface area contributed by atoms with Crippen LogP contribution in [0.25, 0.3) is 0 Å². The first-order chi connectivity index (χ1) is 12.0. The molecule has 0 bridgehead atoms. The number of anilines is 5. The third kappa shape index (κ3) is 3.99. The minimum Gasteiger partial charge on any atom is -0.368 e. The molecule has 126 valence electrons. The second kappa shape index (κ2) is 6.83. The van der Waals surface area contributed by atoms with Crippen LogP contribution in [0, 0.1) is 6.92 Å². The van der Waals surface area contributed by atoms with Gasteiger partial charge in [-0.25, -0.2) is 4.98 Å². The van der Waals surface area contributed by atoms with Crippen LogP contribution in [0.3, 0.4) is 0 Å². The van der Waals surface area contributed by atoms with Crippen molar-refractivity contribution >= 4 is 35.0 Å². The minimum atomic E-state index is -0.535. The largest absolute Gasteiger partial charge is 0.368 e. The number of para-hydroxylation sites is 1. The number of hydrogen-bond donors (Lipinski definition) is 4. The standard InChI is InChI=1S/C17H17N7O/c1-10-5-4-8-13(20-10)22-15-9-14(23-17(19)24-15)21-12-7-3-2-6-11(12)16(18)25/h2-9H,1H3,(H2,18,25)(H4,19,20,21,22,23,24). The number of pyridine rings is 1. The molecule has 2 aromatic heterocycles. The van der Waals surface area contributed by atoms with Crippen LogP contribution in [-0.2, 0) is 0 Å². The summed E-state index contributed by atoms with van der Waals surface area (Å²) in [7, 11) is 0. The summed E-state index contributed by atoms with van der Waals surface area (Å²) in [4.78, 5) is 24.2. The number of rotatable bonds is 5. The molecule has 0 aliphatic carbocycles. The predicted octanol–water partition coefficient (Wildman–Crippen LogP) is 2.35. The summed E-state index contributed by atoms with van der Waals surface area (Å²) in [5.41, 5.74) is 12.9. The number of hydrogen-bond acceptors (Lipinski definition) is 7. The van der Waals surface area contributed by atoms with E-state index < -0.39 is 5.91 Å². The molecule has 2 heterocycles. The van der Waals surface area contributed by atoms with Gasteiger partial charge in [0.05, 0.1) is 11.3 Å². The molecule has 3 rings (SSSR count). The van der Waals surface area contributed by atoms with Gasteiger partial charge in [0.1, 0.15) is 17.5 Å². The maximum absolute atomic E-state index is 11.5. The van der Waals surface area contributed by atoms with Crippen LogP contribution < -0.4 is 22.1 Å². The summed E-state index contributed by atoms with van der Waals surface area (Å²) in [6, 6.07) is 14.1. The monoisotopic (exact) mass is 335 g/mol. The first-order valence-corrected chi connectivity index (χ1v) is 7.52. The number of benzene rings is 1. The Morgan fingerprint density at radius 1 is 0.920 bits per heavy atom. The Hall–Kier alpha value is -3.68. The number of nitrogens with one attached hydrogen (secondary N) is 2. The average Bonchev–Trinajstić information content (AvgIpc) is 2.54. The molecule has 8 heteroatoms. The van der Waals surface area contributed by atoms with Crippen LogP contribution in [0.1, 0.15) is 16.1 Å². The van der Waals surface area contributed by atoms with Gasteiger partial charge in [-0.05, 0) is 31.2 Å². The Kier molecular flexibility index (Phi) is 4.42. The van der Waals surface area contributed by atoms with Crippen LogP contribution >= 0.6 is 0 Å². The first-order valence-electron chi connectivity index (χ1n) is 7.52. The van der Waals surface area contributed by atoms with Gasteiger partial charge in [0.25, 0.3) is 5.91 Å². The number of primary amides is 1. The average molecular weight is 335 g/mol. The third-order valence-electron chi connectivity index (χ3n) is 3.34. The summed E-state index contributed by atoms with van der Waals surface area (Å²) in [5.74, 6) is 1.09. The summed E-state index contributed by atoms with van der Waals surface area (Å²) >= 11 is 0. The van der Waals surface area contributed by atoms with E-state index in [2.05, 4.69) is 25.6 Å². The van der Waals surface area contributed by atoms with Crippen molar-refractivity contribution in [2.45, 2.75) is 6.92 Å². The summed E-state index contributed by atoms with van der Waals surface area (Å²) in [6.07, 6.45) is 0. The maximum atomic E-state index is 11.5. The molecule has 0 saturated heterocycles. The highest BCUT2D eigenvalue weighted by atomic mass is 16.1. The molecule has 0 spiro atoms. The molecule has 0 saturated carbocycles. The van der Waals surface area contributed by atoms with E-state index in [0.717, 1.165) is 5.69 Å². The second-order valence-corrected chi connectivity index (χ2v) is 5.32. The smallest absolute Gasteiger partial charge is 0.250 e. The van der Waals surface area contributed by atoms with Crippen molar-refractivity contribution in [1.82, 2.24) is 15.0 Å². The molecule has 0 atom stereocenters. The van der Waals surface area contributed by atoms with Crippen molar-refractivity contribution in [1.29, 1.82) is 0 Å². The molecule has 1 aromatic carbocycles. The molecule has 0 aliphatic rings. The number of nitrogens with zero attached hydrogens (tertiary/aromatic N) is 3. The number of nitrogen functional groups attached to an aromatic ring is 1. The minimum absolute atomic E-state index is 0.0803. The molecule has 6 N–H and O–H groups in total. The lowest BCUT2D eigenvalue weighted by Crippen LogP contribution is -2.13. The highest BCUT2D eigenvalue weighted by molar-refractivity contribution is 5.99. The number of carbonyl (C=O) groups excluding carboxylic acids is 1. The lowest BCUT2D eigenvalue weighted by molar-refractivity contribution is 0.100. The molecule has 0 fully saturated rings.